The maximum Gasteiger partial charge on any atom is 0.240 e. The monoisotopic (exact) mass is 264 g/mol. The van der Waals surface area contributed by atoms with Crippen LogP contribution in [0, 0.1) is 12.8 Å². The number of carbonyl (C=O) groups is 1. The quantitative estimate of drug-likeness (QED) is 0.853. The number of fused-ring (bicyclic) bond motifs is 1. The van der Waals surface area contributed by atoms with Crippen LogP contribution < -0.4 is 11.5 Å². The predicted octanol–water partition coefficient (Wildman–Crippen LogP) is 0.826. The van der Waals surface area contributed by atoms with Crippen LogP contribution >= 0.6 is 0 Å². The third kappa shape index (κ3) is 1.94. The van der Waals surface area contributed by atoms with Gasteiger partial charge in [-0.1, -0.05) is 13.8 Å². The highest BCUT2D eigenvalue weighted by atomic mass is 16.1. The van der Waals surface area contributed by atoms with E-state index in [0.717, 1.165) is 16.9 Å². The van der Waals surface area contributed by atoms with Crippen LogP contribution in [-0.2, 0) is 11.3 Å². The summed E-state index contributed by atoms with van der Waals surface area (Å²) in [7, 11) is 0. The Hall–Kier alpha value is -2.05. The largest absolute Gasteiger partial charge is 0.369 e. The van der Waals surface area contributed by atoms with Crippen molar-refractivity contribution in [3.8, 4) is 0 Å². The summed E-state index contributed by atoms with van der Waals surface area (Å²) < 4.78 is 3.50. The number of amides is 1. The molecule has 2 aromatic heterocycles. The Morgan fingerprint density at radius 3 is 2.53 bits per heavy atom. The molecule has 2 heterocycles. The zero-order valence-electron chi connectivity index (χ0n) is 11.7. The number of rotatable bonds is 4. The summed E-state index contributed by atoms with van der Waals surface area (Å²) in [6.07, 6.45) is 0. The van der Waals surface area contributed by atoms with Gasteiger partial charge >= 0.3 is 0 Å². The van der Waals surface area contributed by atoms with E-state index in [0.29, 0.717) is 12.5 Å². The second kappa shape index (κ2) is 4.56. The first-order valence-corrected chi connectivity index (χ1v) is 6.38. The van der Waals surface area contributed by atoms with Gasteiger partial charge in [-0.25, -0.2) is 9.67 Å². The second-order valence-electron chi connectivity index (χ2n) is 5.00. The molecule has 2 aromatic rings. The number of carbonyl (C=O) groups excluding carboxylic acids is 1. The molecule has 0 saturated carbocycles. The summed E-state index contributed by atoms with van der Waals surface area (Å²) in [5.74, 6) is -0.0876. The van der Waals surface area contributed by atoms with E-state index in [1.807, 2.05) is 27.7 Å². The van der Waals surface area contributed by atoms with E-state index in [-0.39, 0.29) is 5.92 Å². The molecular formula is C12H20N6O. The molecule has 19 heavy (non-hydrogen) atoms. The molecule has 0 saturated heterocycles. The van der Waals surface area contributed by atoms with Gasteiger partial charge in [0, 0.05) is 6.54 Å². The molecule has 1 unspecified atom stereocenters. The number of nitrogens with two attached hydrogens (primary N) is 2. The summed E-state index contributed by atoms with van der Waals surface area (Å²) in [6, 6.07) is -0.522. The van der Waals surface area contributed by atoms with Crippen molar-refractivity contribution in [3.05, 3.63) is 5.69 Å². The lowest BCUT2D eigenvalue weighted by Crippen LogP contribution is -2.31. The van der Waals surface area contributed by atoms with Crippen molar-refractivity contribution in [1.82, 2.24) is 19.3 Å². The Morgan fingerprint density at radius 2 is 2.05 bits per heavy atom. The lowest BCUT2D eigenvalue weighted by Gasteiger charge is -2.21. The van der Waals surface area contributed by atoms with Gasteiger partial charge in [0.2, 0.25) is 11.9 Å². The van der Waals surface area contributed by atoms with Gasteiger partial charge in [0.15, 0.2) is 5.65 Å². The molecule has 0 aliphatic carbocycles. The summed E-state index contributed by atoms with van der Waals surface area (Å²) in [5.41, 5.74) is 13.8. The molecule has 1 atom stereocenters. The first-order valence-electron chi connectivity index (χ1n) is 6.38. The normalized spacial score (nSPS) is 13.3. The lowest BCUT2D eigenvalue weighted by atomic mass is 10.0. The summed E-state index contributed by atoms with van der Waals surface area (Å²) >= 11 is 0. The minimum absolute atomic E-state index is 0.0257. The molecule has 0 radical (unpaired) electrons. The molecule has 7 nitrogen and oxygen atoms in total. The third-order valence-electron chi connectivity index (χ3n) is 3.27. The van der Waals surface area contributed by atoms with Crippen LogP contribution in [-0.4, -0.2) is 25.2 Å². The number of anilines is 1. The molecule has 7 heteroatoms. The predicted molar refractivity (Wildman–Crippen MR) is 73.4 cm³/mol. The van der Waals surface area contributed by atoms with Gasteiger partial charge in [0.25, 0.3) is 0 Å². The van der Waals surface area contributed by atoms with Crippen LogP contribution in [0.5, 0.6) is 0 Å². The number of aryl methyl sites for hydroxylation is 2. The number of aromatic nitrogens is 4. The van der Waals surface area contributed by atoms with Gasteiger partial charge < -0.3 is 11.5 Å². The summed E-state index contributed by atoms with van der Waals surface area (Å²) in [4.78, 5) is 16.0. The van der Waals surface area contributed by atoms with E-state index >= 15 is 0 Å². The first kappa shape index (κ1) is 13.4. The van der Waals surface area contributed by atoms with Gasteiger partial charge in [-0.05, 0) is 19.8 Å². The van der Waals surface area contributed by atoms with Gasteiger partial charge in [0.05, 0.1) is 5.69 Å². The van der Waals surface area contributed by atoms with E-state index < -0.39 is 11.9 Å². The van der Waals surface area contributed by atoms with Crippen molar-refractivity contribution in [3.63, 3.8) is 0 Å². The summed E-state index contributed by atoms with van der Waals surface area (Å²) in [5, 5.41) is 4.40. The summed E-state index contributed by atoms with van der Waals surface area (Å²) in [6.45, 7) is 8.40. The molecule has 2 rings (SSSR count). The maximum absolute atomic E-state index is 11.7. The fraction of sp³-hybridized carbons (Fsp3) is 0.583. The number of hydrogen-bond donors (Lipinski definition) is 2. The number of nitrogens with zero attached hydrogens (tertiary/aromatic N) is 4. The first-order chi connectivity index (χ1) is 8.88. The number of imidazole rings is 1. The Kier molecular flexibility index (Phi) is 3.21. The molecule has 0 aliphatic heterocycles. The topological polar surface area (TPSA) is 105 Å². The SMILES string of the molecule is CCn1nc(C)c2nc(N)n(C(C(N)=O)C(C)C)c21. The van der Waals surface area contributed by atoms with Crippen LogP contribution in [0.3, 0.4) is 0 Å². The lowest BCUT2D eigenvalue weighted by molar-refractivity contribution is -0.122. The van der Waals surface area contributed by atoms with Crippen LogP contribution in [0.1, 0.15) is 32.5 Å². The molecule has 0 fully saturated rings. The van der Waals surface area contributed by atoms with Gasteiger partial charge in [-0.15, -0.1) is 0 Å². The Morgan fingerprint density at radius 1 is 1.42 bits per heavy atom. The van der Waals surface area contributed by atoms with Crippen molar-refractivity contribution in [2.45, 2.75) is 40.3 Å². The number of hydrogen-bond acceptors (Lipinski definition) is 4. The van der Waals surface area contributed by atoms with Gasteiger partial charge in [-0.2, -0.15) is 5.10 Å². The van der Waals surface area contributed by atoms with Crippen molar-refractivity contribution in [1.29, 1.82) is 0 Å². The smallest absolute Gasteiger partial charge is 0.240 e. The Balaban J connectivity index is 2.77. The van der Waals surface area contributed by atoms with E-state index in [1.165, 1.54) is 0 Å². The van der Waals surface area contributed by atoms with Gasteiger partial charge in [0.1, 0.15) is 11.6 Å². The number of nitrogen functional groups attached to an aromatic ring is 1. The third-order valence-corrected chi connectivity index (χ3v) is 3.27. The van der Waals surface area contributed by atoms with Crippen LogP contribution in [0.2, 0.25) is 0 Å². The molecule has 0 spiro atoms. The van der Waals surface area contributed by atoms with E-state index in [9.17, 15) is 4.79 Å². The maximum atomic E-state index is 11.7. The molecule has 0 aliphatic rings. The van der Waals surface area contributed by atoms with Crippen LogP contribution in [0.15, 0.2) is 0 Å². The van der Waals surface area contributed by atoms with E-state index in [2.05, 4.69) is 10.1 Å². The highest BCUT2D eigenvalue weighted by Gasteiger charge is 2.28. The fourth-order valence-corrected chi connectivity index (χ4v) is 2.45. The highest BCUT2D eigenvalue weighted by molar-refractivity contribution is 5.84. The van der Waals surface area contributed by atoms with Crippen LogP contribution in [0.25, 0.3) is 11.2 Å². The van der Waals surface area contributed by atoms with E-state index in [4.69, 9.17) is 11.5 Å². The Bertz CT molecular complexity index is 624. The van der Waals surface area contributed by atoms with Crippen molar-refractivity contribution in [2.75, 3.05) is 5.73 Å². The average molecular weight is 264 g/mol. The minimum atomic E-state index is -0.522. The second-order valence-corrected chi connectivity index (χ2v) is 5.00. The van der Waals surface area contributed by atoms with E-state index in [1.54, 1.807) is 9.25 Å². The highest BCUT2D eigenvalue weighted by Crippen LogP contribution is 2.28. The van der Waals surface area contributed by atoms with Crippen molar-refractivity contribution >= 4 is 23.0 Å². The molecule has 0 aromatic carbocycles. The molecule has 104 valence electrons. The van der Waals surface area contributed by atoms with Crippen molar-refractivity contribution < 1.29 is 4.79 Å². The molecular weight excluding hydrogens is 244 g/mol. The molecule has 4 N–H and O–H groups in total. The molecule has 1 amide bonds. The van der Waals surface area contributed by atoms with Crippen molar-refractivity contribution in [2.24, 2.45) is 11.7 Å². The standard InChI is InChI=1S/C12H20N6O/c1-5-17-11-8(7(4)16-17)15-12(14)18(11)9(6(2)3)10(13)19/h6,9H,5H2,1-4H3,(H2,13,19)(H2,14,15). The number of primary amides is 1. The zero-order valence-corrected chi connectivity index (χ0v) is 11.7. The fourth-order valence-electron chi connectivity index (χ4n) is 2.45. The minimum Gasteiger partial charge on any atom is -0.369 e. The Labute approximate surface area is 111 Å². The zero-order chi connectivity index (χ0) is 14.3. The van der Waals surface area contributed by atoms with Gasteiger partial charge in [-0.3, -0.25) is 9.36 Å². The molecule has 0 bridgehead atoms. The van der Waals surface area contributed by atoms with Crippen LogP contribution in [0.4, 0.5) is 5.95 Å². The average Bonchev–Trinajstić information content (AvgIpc) is 2.78.